The molecule has 0 bridgehead atoms. The summed E-state index contributed by atoms with van der Waals surface area (Å²) in [6.07, 6.45) is 0. The Morgan fingerprint density at radius 3 is 1.09 bits per heavy atom. The Morgan fingerprint density at radius 2 is 1.09 bits per heavy atom. The minimum Gasteiger partial charge on any atom is -0.475 e. The van der Waals surface area contributed by atoms with E-state index < -0.39 is 0 Å². The van der Waals surface area contributed by atoms with Gasteiger partial charge in [0.15, 0.2) is 0 Å². The van der Waals surface area contributed by atoms with E-state index in [9.17, 15) is 0 Å². The first-order valence-corrected chi connectivity index (χ1v) is 3.03. The van der Waals surface area contributed by atoms with E-state index in [1.807, 2.05) is 0 Å². The minimum atomic E-state index is 0. The predicted molar refractivity (Wildman–Crippen MR) is 63.0 cm³/mol. The van der Waals surface area contributed by atoms with E-state index in [2.05, 4.69) is 33.9 Å². The summed E-state index contributed by atoms with van der Waals surface area (Å²) in [5, 5.41) is 0.176. The van der Waals surface area contributed by atoms with Crippen LogP contribution in [0.2, 0.25) is 0 Å². The lowest BCUT2D eigenvalue weighted by molar-refractivity contribution is 0.408. The van der Waals surface area contributed by atoms with Gasteiger partial charge in [-0.25, -0.2) is 0 Å². The summed E-state index contributed by atoms with van der Waals surface area (Å²) in [6, 6.07) is 0. The minimum absolute atomic E-state index is 0. The molecule has 0 rings (SSSR count). The maximum Gasteiger partial charge on any atom is 0.253 e. The number of nitrogens with two attached hydrogens (primary N) is 2. The van der Waals surface area contributed by atoms with Crippen molar-refractivity contribution >= 4 is 58.8 Å². The Kier molecular flexibility index (Phi) is 20.0. The van der Waals surface area contributed by atoms with E-state index in [-0.39, 0.29) is 34.3 Å². The standard InChI is InChI=1S/2C2H5NOS.HI/c2*1-4-2(3)5;/h2*1H3,(H2,3,5);1H. The van der Waals surface area contributed by atoms with Crippen molar-refractivity contribution in [3.8, 4) is 0 Å². The number of methoxy groups -OCH3 is 2. The van der Waals surface area contributed by atoms with Gasteiger partial charge in [-0.05, 0) is 24.4 Å². The Hall–Kier alpha value is 0.110. The molecule has 0 saturated carbocycles. The monoisotopic (exact) mass is 310 g/mol. The molecule has 68 valence electrons. The van der Waals surface area contributed by atoms with Gasteiger partial charge in [-0.15, -0.1) is 24.0 Å². The van der Waals surface area contributed by atoms with Crippen molar-refractivity contribution in [3.63, 3.8) is 0 Å². The Balaban J connectivity index is -0.000000107. The molecule has 0 radical (unpaired) electrons. The van der Waals surface area contributed by atoms with Crippen LogP contribution in [0.15, 0.2) is 0 Å². The number of rotatable bonds is 0. The van der Waals surface area contributed by atoms with Crippen LogP contribution in [-0.4, -0.2) is 24.6 Å². The second-order valence-corrected chi connectivity index (χ2v) is 1.85. The molecule has 4 nitrogen and oxygen atoms in total. The van der Waals surface area contributed by atoms with Crippen molar-refractivity contribution in [1.29, 1.82) is 0 Å². The number of ether oxygens (including phenoxy) is 2. The lowest BCUT2D eigenvalue weighted by atomic mass is 11.3. The van der Waals surface area contributed by atoms with Crippen molar-refractivity contribution in [3.05, 3.63) is 0 Å². The van der Waals surface area contributed by atoms with Gasteiger partial charge in [0.05, 0.1) is 14.2 Å². The van der Waals surface area contributed by atoms with Gasteiger partial charge in [0.25, 0.3) is 10.3 Å². The third-order valence-electron chi connectivity index (χ3n) is 0.402. The molecule has 0 aromatic carbocycles. The van der Waals surface area contributed by atoms with Crippen molar-refractivity contribution in [2.75, 3.05) is 14.2 Å². The summed E-state index contributed by atoms with van der Waals surface area (Å²) in [5.41, 5.74) is 9.60. The Morgan fingerprint density at radius 1 is 1.00 bits per heavy atom. The van der Waals surface area contributed by atoms with Crippen molar-refractivity contribution < 1.29 is 9.47 Å². The summed E-state index contributed by atoms with van der Waals surface area (Å²) in [7, 11) is 2.87. The van der Waals surface area contributed by atoms with Gasteiger partial charge >= 0.3 is 0 Å². The average molecular weight is 310 g/mol. The molecule has 0 aliphatic heterocycles. The second-order valence-electron chi connectivity index (χ2n) is 1.05. The van der Waals surface area contributed by atoms with Crippen LogP contribution in [0.5, 0.6) is 0 Å². The third kappa shape index (κ3) is 39.4. The van der Waals surface area contributed by atoms with Gasteiger partial charge < -0.3 is 20.9 Å². The Bertz CT molecular complexity index is 109. The molecule has 0 aromatic rings. The molecule has 0 aliphatic carbocycles. The van der Waals surface area contributed by atoms with Gasteiger partial charge in [0.2, 0.25) is 0 Å². The first kappa shape index (κ1) is 17.3. The zero-order valence-electron chi connectivity index (χ0n) is 6.20. The highest BCUT2D eigenvalue weighted by Gasteiger charge is 1.69. The first-order chi connectivity index (χ1) is 4.54. The maximum atomic E-state index is 4.80. The van der Waals surface area contributed by atoms with Crippen LogP contribution in [0.25, 0.3) is 0 Å². The van der Waals surface area contributed by atoms with Crippen LogP contribution < -0.4 is 11.5 Å². The highest BCUT2D eigenvalue weighted by Crippen LogP contribution is 1.58. The van der Waals surface area contributed by atoms with Crippen LogP contribution in [0, 0.1) is 0 Å². The second kappa shape index (κ2) is 12.8. The third-order valence-corrected chi connectivity index (χ3v) is 0.736. The summed E-state index contributed by atoms with van der Waals surface area (Å²) in [5.74, 6) is 0. The van der Waals surface area contributed by atoms with E-state index >= 15 is 0 Å². The van der Waals surface area contributed by atoms with E-state index in [0.29, 0.717) is 0 Å². The molecule has 11 heavy (non-hydrogen) atoms. The molecular formula is C4H11IN2O2S2. The van der Waals surface area contributed by atoms with E-state index in [1.54, 1.807) is 0 Å². The molecule has 0 amide bonds. The zero-order chi connectivity index (χ0) is 8.57. The lowest BCUT2D eigenvalue weighted by Crippen LogP contribution is -2.08. The zero-order valence-corrected chi connectivity index (χ0v) is 10.2. The van der Waals surface area contributed by atoms with Gasteiger partial charge in [0.1, 0.15) is 0 Å². The molecule has 4 N–H and O–H groups in total. The maximum absolute atomic E-state index is 4.80. The normalized spacial score (nSPS) is 6.00. The topological polar surface area (TPSA) is 70.5 Å². The molecule has 0 saturated heterocycles. The SMILES string of the molecule is COC(N)=S.COC(N)=S.I. The van der Waals surface area contributed by atoms with Crippen molar-refractivity contribution in [2.45, 2.75) is 0 Å². The molecule has 0 spiro atoms. The van der Waals surface area contributed by atoms with Gasteiger partial charge in [-0.3, -0.25) is 0 Å². The number of thiocarbonyl (C=S) groups is 2. The summed E-state index contributed by atoms with van der Waals surface area (Å²) in [4.78, 5) is 0. The highest BCUT2D eigenvalue weighted by molar-refractivity contribution is 14.0. The first-order valence-electron chi connectivity index (χ1n) is 2.21. The highest BCUT2D eigenvalue weighted by atomic mass is 127. The predicted octanol–water partition coefficient (Wildman–Crippen LogP) is 0.371. The van der Waals surface area contributed by atoms with E-state index in [1.165, 1.54) is 14.2 Å². The summed E-state index contributed by atoms with van der Waals surface area (Å²) < 4.78 is 8.52. The molecule has 0 fully saturated rings. The number of halogens is 1. The van der Waals surface area contributed by atoms with Crippen molar-refractivity contribution in [1.82, 2.24) is 0 Å². The summed E-state index contributed by atoms with van der Waals surface area (Å²) >= 11 is 8.50. The van der Waals surface area contributed by atoms with E-state index in [0.717, 1.165) is 0 Å². The van der Waals surface area contributed by atoms with Crippen molar-refractivity contribution in [2.24, 2.45) is 11.5 Å². The van der Waals surface area contributed by atoms with Crippen LogP contribution in [0.4, 0.5) is 0 Å². The summed E-state index contributed by atoms with van der Waals surface area (Å²) in [6.45, 7) is 0. The fourth-order valence-corrected chi connectivity index (χ4v) is 0. The van der Waals surface area contributed by atoms with Gasteiger partial charge in [-0.2, -0.15) is 0 Å². The van der Waals surface area contributed by atoms with Crippen LogP contribution >= 0.6 is 48.4 Å². The molecule has 0 aromatic heterocycles. The van der Waals surface area contributed by atoms with Crippen LogP contribution in [0.3, 0.4) is 0 Å². The fraction of sp³-hybridized carbons (Fsp3) is 0.500. The molecule has 0 atom stereocenters. The number of hydrogen-bond acceptors (Lipinski definition) is 4. The van der Waals surface area contributed by atoms with Crippen LogP contribution in [0.1, 0.15) is 0 Å². The molecular weight excluding hydrogens is 299 g/mol. The quantitative estimate of drug-likeness (QED) is 0.498. The molecule has 0 heterocycles. The largest absolute Gasteiger partial charge is 0.475 e. The van der Waals surface area contributed by atoms with Crippen LogP contribution in [-0.2, 0) is 9.47 Å². The molecule has 0 aliphatic rings. The smallest absolute Gasteiger partial charge is 0.253 e. The average Bonchev–Trinajstić information content (AvgIpc) is 1.89. The van der Waals surface area contributed by atoms with Gasteiger partial charge in [0, 0.05) is 0 Å². The Labute approximate surface area is 93.6 Å². The number of hydrogen-bond donors (Lipinski definition) is 2. The van der Waals surface area contributed by atoms with Gasteiger partial charge in [-0.1, -0.05) is 0 Å². The molecule has 0 unspecified atom stereocenters. The fourth-order valence-electron chi connectivity index (χ4n) is 0. The molecule has 7 heteroatoms. The lowest BCUT2D eigenvalue weighted by Gasteiger charge is -1.85. The van der Waals surface area contributed by atoms with E-state index in [4.69, 9.17) is 11.5 Å².